The van der Waals surface area contributed by atoms with Gasteiger partial charge in [0.2, 0.25) is 0 Å². The Labute approximate surface area is 154 Å². The maximum Gasteiger partial charge on any atom is 0.274 e. The topological polar surface area (TPSA) is 80.4 Å². The lowest BCUT2D eigenvalue weighted by molar-refractivity contribution is 0.102. The van der Waals surface area contributed by atoms with Crippen LogP contribution in [0.4, 0.5) is 10.1 Å². The van der Waals surface area contributed by atoms with Crippen molar-refractivity contribution in [3.63, 3.8) is 0 Å². The van der Waals surface area contributed by atoms with E-state index in [4.69, 9.17) is 12.2 Å². The van der Waals surface area contributed by atoms with Crippen molar-refractivity contribution in [1.29, 1.82) is 0 Å². The summed E-state index contributed by atoms with van der Waals surface area (Å²) in [5, 5.41) is 4.82. The van der Waals surface area contributed by atoms with Crippen molar-refractivity contribution in [3.05, 3.63) is 70.7 Å². The Kier molecular flexibility index (Phi) is 4.78. The van der Waals surface area contributed by atoms with Gasteiger partial charge in [0.05, 0.1) is 0 Å². The molecule has 0 fully saturated rings. The van der Waals surface area contributed by atoms with Crippen LogP contribution in [-0.2, 0) is 5.54 Å². The van der Waals surface area contributed by atoms with Gasteiger partial charge in [-0.2, -0.15) is 0 Å². The Balaban J connectivity index is 1.88. The molecule has 1 aliphatic rings. The average Bonchev–Trinajstić information content (AvgIpc) is 2.63. The first-order valence-electron chi connectivity index (χ1n) is 7.65. The summed E-state index contributed by atoms with van der Waals surface area (Å²) in [4.78, 5) is 20.7. The first-order valence-corrected chi connectivity index (χ1v) is 8.53. The van der Waals surface area contributed by atoms with Crippen LogP contribution < -0.4 is 11.1 Å². The molecule has 3 N–H and O–H groups in total. The quantitative estimate of drug-likeness (QED) is 0.817. The molecule has 0 aliphatic carbocycles. The monoisotopic (exact) mass is 366 g/mol. The van der Waals surface area contributed by atoms with E-state index < -0.39 is 17.3 Å². The molecule has 0 spiro atoms. The number of amidine groups is 1. The number of nitrogens with zero attached hydrogens (tertiary/aromatic N) is 2. The summed E-state index contributed by atoms with van der Waals surface area (Å²) in [6.45, 7) is 1.75. The second-order valence-electron chi connectivity index (χ2n) is 5.74. The molecule has 1 aromatic heterocycles. The minimum atomic E-state index is -0.938. The van der Waals surface area contributed by atoms with Gasteiger partial charge in [-0.05, 0) is 48.7 Å². The highest BCUT2D eigenvalue weighted by Crippen LogP contribution is 2.35. The van der Waals surface area contributed by atoms with Crippen LogP contribution in [0, 0.1) is 18.2 Å². The van der Waals surface area contributed by atoms with Crippen LogP contribution in [-0.4, -0.2) is 16.1 Å². The Bertz CT molecular complexity index is 962. The van der Waals surface area contributed by atoms with Gasteiger partial charge in [0.25, 0.3) is 5.91 Å². The largest absolute Gasteiger partial charge is 0.378 e. The van der Waals surface area contributed by atoms with Crippen molar-refractivity contribution in [1.82, 2.24) is 4.98 Å². The number of halogens is 1. The van der Waals surface area contributed by atoms with Crippen molar-refractivity contribution in [2.45, 2.75) is 12.5 Å². The van der Waals surface area contributed by atoms with Gasteiger partial charge in [-0.25, -0.2) is 14.4 Å². The lowest BCUT2D eigenvalue weighted by Gasteiger charge is -2.26. The van der Waals surface area contributed by atoms with Gasteiger partial charge in [-0.3, -0.25) is 4.79 Å². The number of anilines is 1. The molecular weight excluding hydrogens is 351 g/mol. The van der Waals surface area contributed by atoms with Crippen molar-refractivity contribution in [2.75, 3.05) is 5.32 Å². The van der Waals surface area contributed by atoms with Crippen LogP contribution in [0.25, 0.3) is 0 Å². The normalized spacial score (nSPS) is 18.7. The van der Waals surface area contributed by atoms with E-state index in [2.05, 4.69) is 21.2 Å². The van der Waals surface area contributed by atoms with Crippen LogP contribution in [0.2, 0.25) is 0 Å². The molecule has 1 aliphatic heterocycles. The van der Waals surface area contributed by atoms with E-state index in [1.54, 1.807) is 30.5 Å². The number of rotatable bonds is 3. The molecule has 3 rings (SSSR count). The third-order valence-electron chi connectivity index (χ3n) is 3.86. The summed E-state index contributed by atoms with van der Waals surface area (Å²) in [5.41, 5.74) is 6.35. The first kappa shape index (κ1) is 17.7. The molecule has 1 amide bonds. The highest BCUT2D eigenvalue weighted by atomic mass is 32.2. The minimum Gasteiger partial charge on any atom is -0.378 e. The van der Waals surface area contributed by atoms with Crippen LogP contribution in [0.15, 0.2) is 53.0 Å². The Hall–Kier alpha value is -3.11. The number of hydrogen-bond donors (Lipinski definition) is 2. The van der Waals surface area contributed by atoms with E-state index in [0.717, 1.165) is 0 Å². The highest BCUT2D eigenvalue weighted by molar-refractivity contribution is 8.16. The van der Waals surface area contributed by atoms with Crippen molar-refractivity contribution >= 4 is 28.5 Å². The molecule has 5 nitrogen and oxygen atoms in total. The molecule has 0 saturated carbocycles. The second-order valence-corrected chi connectivity index (χ2v) is 6.67. The zero-order chi connectivity index (χ0) is 18.7. The summed E-state index contributed by atoms with van der Waals surface area (Å²) >= 11 is 1.27. The number of benzene rings is 1. The second kappa shape index (κ2) is 7.02. The summed E-state index contributed by atoms with van der Waals surface area (Å²) in [7, 11) is 0. The van der Waals surface area contributed by atoms with Crippen LogP contribution in [0.1, 0.15) is 28.5 Å². The van der Waals surface area contributed by atoms with Crippen LogP contribution in [0.3, 0.4) is 0 Å². The number of carbonyl (C=O) groups is 1. The van der Waals surface area contributed by atoms with Crippen molar-refractivity contribution in [3.8, 4) is 12.3 Å². The zero-order valence-electron chi connectivity index (χ0n) is 13.9. The summed E-state index contributed by atoms with van der Waals surface area (Å²) in [6.07, 6.45) is 8.47. The van der Waals surface area contributed by atoms with Gasteiger partial charge in [0, 0.05) is 23.0 Å². The third kappa shape index (κ3) is 3.60. The average molecular weight is 366 g/mol. The van der Waals surface area contributed by atoms with Gasteiger partial charge < -0.3 is 11.1 Å². The maximum absolute atomic E-state index is 14.4. The molecule has 130 valence electrons. The molecule has 2 heterocycles. The molecule has 0 unspecified atom stereocenters. The number of carbonyl (C=O) groups excluding carboxylic acids is 1. The van der Waals surface area contributed by atoms with Crippen LogP contribution >= 0.6 is 11.8 Å². The molecule has 0 saturated heterocycles. The number of terminal acetylenes is 1. The number of aliphatic imine (C=N–C) groups is 1. The molecular formula is C19H15FN4OS. The molecule has 1 aromatic carbocycles. The molecule has 0 bridgehead atoms. The van der Waals surface area contributed by atoms with Crippen LogP contribution in [0.5, 0.6) is 0 Å². The summed E-state index contributed by atoms with van der Waals surface area (Å²) in [6, 6.07) is 7.46. The van der Waals surface area contributed by atoms with E-state index in [-0.39, 0.29) is 5.69 Å². The molecule has 1 atom stereocenters. The Morgan fingerprint density at radius 3 is 2.85 bits per heavy atom. The smallest absolute Gasteiger partial charge is 0.274 e. The number of amides is 1. The van der Waals surface area contributed by atoms with Crippen molar-refractivity contribution in [2.24, 2.45) is 10.7 Å². The Morgan fingerprint density at radius 2 is 2.19 bits per heavy atom. The van der Waals surface area contributed by atoms with E-state index >= 15 is 0 Å². The highest BCUT2D eigenvalue weighted by Gasteiger charge is 2.29. The predicted octanol–water partition coefficient (Wildman–Crippen LogP) is 3.24. The number of aromatic nitrogens is 1. The van der Waals surface area contributed by atoms with Crippen molar-refractivity contribution < 1.29 is 9.18 Å². The van der Waals surface area contributed by atoms with Gasteiger partial charge >= 0.3 is 0 Å². The molecule has 2 aromatic rings. The fourth-order valence-electron chi connectivity index (χ4n) is 2.48. The predicted molar refractivity (Wildman–Crippen MR) is 102 cm³/mol. The fourth-order valence-corrected chi connectivity index (χ4v) is 3.19. The fraction of sp³-hybridized carbons (Fsp3) is 0.105. The van der Waals surface area contributed by atoms with E-state index in [1.807, 2.05) is 0 Å². The number of nitrogens with one attached hydrogen (secondary N) is 1. The van der Waals surface area contributed by atoms with Gasteiger partial charge in [0.15, 0.2) is 5.17 Å². The molecule has 0 radical (unpaired) electrons. The molecule has 7 heteroatoms. The van der Waals surface area contributed by atoms with Gasteiger partial charge in [-0.15, -0.1) is 6.42 Å². The van der Waals surface area contributed by atoms with E-state index in [9.17, 15) is 9.18 Å². The minimum absolute atomic E-state index is 0.206. The number of nitrogens with two attached hydrogens (primary N) is 1. The number of pyridine rings is 1. The zero-order valence-corrected chi connectivity index (χ0v) is 14.7. The summed E-state index contributed by atoms with van der Waals surface area (Å²) < 4.78 is 14.4. The third-order valence-corrected chi connectivity index (χ3v) is 4.46. The molecule has 26 heavy (non-hydrogen) atoms. The van der Waals surface area contributed by atoms with Gasteiger partial charge in [0.1, 0.15) is 17.1 Å². The number of thioether (sulfide) groups is 1. The lowest BCUT2D eigenvalue weighted by atomic mass is 9.92. The van der Waals surface area contributed by atoms with E-state index in [0.29, 0.717) is 22.0 Å². The first-order chi connectivity index (χ1) is 12.4. The maximum atomic E-state index is 14.4. The number of hydrogen-bond acceptors (Lipinski definition) is 5. The van der Waals surface area contributed by atoms with E-state index in [1.165, 1.54) is 36.2 Å². The van der Waals surface area contributed by atoms with Gasteiger partial charge in [-0.1, -0.05) is 17.7 Å². The summed E-state index contributed by atoms with van der Waals surface area (Å²) in [5.74, 6) is 1.58. The Morgan fingerprint density at radius 1 is 1.38 bits per heavy atom. The SMILES string of the molecule is C#Cc1ccc(C(=O)Nc2ccc(F)c([C@]3(C)C=CSC(N)=N3)c2)nc1. The standard InChI is InChI=1S/C19H15FN4OS/c1-3-12-4-7-16(22-11-12)17(25)23-13-5-6-15(20)14(10-13)19(2)8-9-26-18(21)24-19/h1,4-11H,2H3,(H2,21,24)(H,23,25)/t19-/m0/s1. The lowest BCUT2D eigenvalue weighted by Crippen LogP contribution is -2.25.